The van der Waals surface area contributed by atoms with Crippen molar-refractivity contribution >= 4 is 12.0 Å². The average Bonchev–Trinajstić information content (AvgIpc) is 2.64. The van der Waals surface area contributed by atoms with Crippen LogP contribution < -0.4 is 0 Å². The van der Waals surface area contributed by atoms with Gasteiger partial charge < -0.3 is 4.74 Å². The van der Waals surface area contributed by atoms with E-state index in [0.29, 0.717) is 11.1 Å². The van der Waals surface area contributed by atoms with Crippen LogP contribution in [0.15, 0.2) is 18.2 Å². The van der Waals surface area contributed by atoms with Crippen molar-refractivity contribution in [2.75, 3.05) is 0 Å². The smallest absolute Gasteiger partial charge is 0.417 e. The number of nitriles is 1. The molecule has 0 aliphatic carbocycles. The standard InChI is InChI=1S/C14H14N2O3/c1-14(2,3)19-13(18)16-8-10-5-4-9(7-15)6-11(10)12(16)17/h4-6H,8H2,1-3H3. The minimum absolute atomic E-state index is 0.189. The molecule has 0 aromatic heterocycles. The third kappa shape index (κ3) is 2.58. The van der Waals surface area contributed by atoms with Gasteiger partial charge in [0.1, 0.15) is 5.60 Å². The van der Waals surface area contributed by atoms with Crippen LogP contribution in [0.2, 0.25) is 0 Å². The molecule has 1 aromatic carbocycles. The lowest BCUT2D eigenvalue weighted by molar-refractivity contribution is 0.0248. The number of nitrogens with zero attached hydrogens (tertiary/aromatic N) is 2. The Morgan fingerprint density at radius 3 is 2.68 bits per heavy atom. The van der Waals surface area contributed by atoms with E-state index in [0.717, 1.165) is 10.5 Å². The van der Waals surface area contributed by atoms with Crippen molar-refractivity contribution in [2.45, 2.75) is 32.9 Å². The second kappa shape index (κ2) is 4.39. The molecular weight excluding hydrogens is 244 g/mol. The maximum atomic E-state index is 12.1. The summed E-state index contributed by atoms with van der Waals surface area (Å²) in [6.07, 6.45) is -0.660. The molecule has 0 N–H and O–H groups in total. The minimum atomic E-state index is -0.660. The highest BCUT2D eigenvalue weighted by atomic mass is 16.6. The fraction of sp³-hybridized carbons (Fsp3) is 0.357. The number of benzene rings is 1. The van der Waals surface area contributed by atoms with Gasteiger partial charge in [0.05, 0.1) is 18.2 Å². The van der Waals surface area contributed by atoms with Gasteiger partial charge >= 0.3 is 6.09 Å². The molecule has 0 spiro atoms. The molecule has 2 rings (SSSR count). The Morgan fingerprint density at radius 1 is 1.42 bits per heavy atom. The highest BCUT2D eigenvalue weighted by Gasteiger charge is 2.34. The lowest BCUT2D eigenvalue weighted by Crippen LogP contribution is -2.36. The molecule has 0 unspecified atom stereocenters. The third-order valence-corrected chi connectivity index (χ3v) is 2.66. The molecule has 1 aliphatic heterocycles. The van der Waals surface area contributed by atoms with Crippen LogP contribution in [0.1, 0.15) is 42.3 Å². The summed E-state index contributed by atoms with van der Waals surface area (Å²) in [5.74, 6) is -0.415. The summed E-state index contributed by atoms with van der Waals surface area (Å²) in [5, 5.41) is 8.82. The van der Waals surface area contributed by atoms with Crippen LogP contribution in [0.4, 0.5) is 4.79 Å². The molecule has 1 heterocycles. The van der Waals surface area contributed by atoms with Crippen LogP contribution in [0.25, 0.3) is 0 Å². The quantitative estimate of drug-likeness (QED) is 0.716. The summed E-state index contributed by atoms with van der Waals surface area (Å²) in [6.45, 7) is 5.42. The third-order valence-electron chi connectivity index (χ3n) is 2.66. The van der Waals surface area contributed by atoms with Crippen molar-refractivity contribution in [3.63, 3.8) is 0 Å². The van der Waals surface area contributed by atoms with Crippen LogP contribution in [0, 0.1) is 11.3 Å². The van der Waals surface area contributed by atoms with Gasteiger partial charge in [-0.1, -0.05) is 6.07 Å². The largest absolute Gasteiger partial charge is 0.443 e. The molecule has 1 aromatic rings. The average molecular weight is 258 g/mol. The van der Waals surface area contributed by atoms with E-state index >= 15 is 0 Å². The molecule has 5 nitrogen and oxygen atoms in total. The zero-order valence-electron chi connectivity index (χ0n) is 11.1. The van der Waals surface area contributed by atoms with E-state index in [1.54, 1.807) is 32.9 Å². The van der Waals surface area contributed by atoms with E-state index in [9.17, 15) is 9.59 Å². The predicted molar refractivity (Wildman–Crippen MR) is 67.3 cm³/mol. The molecule has 0 fully saturated rings. The Hall–Kier alpha value is -2.35. The van der Waals surface area contributed by atoms with Crippen molar-refractivity contribution in [3.05, 3.63) is 34.9 Å². The Balaban J connectivity index is 2.24. The Kier molecular flexibility index (Phi) is 3.03. The van der Waals surface area contributed by atoms with Gasteiger partial charge in [0.2, 0.25) is 0 Å². The van der Waals surface area contributed by atoms with E-state index in [4.69, 9.17) is 10.00 Å². The normalized spacial score (nSPS) is 14.0. The van der Waals surface area contributed by atoms with Crippen LogP contribution in [-0.2, 0) is 11.3 Å². The highest BCUT2D eigenvalue weighted by Crippen LogP contribution is 2.25. The second-order valence-corrected chi connectivity index (χ2v) is 5.36. The lowest BCUT2D eigenvalue weighted by Gasteiger charge is -2.23. The first-order valence-electron chi connectivity index (χ1n) is 5.90. The fourth-order valence-corrected chi connectivity index (χ4v) is 1.84. The van der Waals surface area contributed by atoms with E-state index in [1.807, 2.05) is 6.07 Å². The number of imide groups is 1. The summed E-state index contributed by atoms with van der Waals surface area (Å²) >= 11 is 0. The topological polar surface area (TPSA) is 70.4 Å². The number of ether oxygens (including phenoxy) is 1. The molecule has 0 radical (unpaired) electrons. The molecule has 0 saturated heterocycles. The summed E-state index contributed by atoms with van der Waals surface area (Å²) in [4.78, 5) is 25.1. The number of fused-ring (bicyclic) bond motifs is 1. The van der Waals surface area contributed by atoms with Crippen molar-refractivity contribution in [1.29, 1.82) is 5.26 Å². The molecule has 98 valence electrons. The minimum Gasteiger partial charge on any atom is -0.443 e. The van der Waals surface area contributed by atoms with Crippen molar-refractivity contribution < 1.29 is 14.3 Å². The molecule has 19 heavy (non-hydrogen) atoms. The first-order chi connectivity index (χ1) is 8.81. The maximum Gasteiger partial charge on any atom is 0.417 e. The first-order valence-corrected chi connectivity index (χ1v) is 5.90. The van der Waals surface area contributed by atoms with E-state index in [1.165, 1.54) is 6.07 Å². The number of hydrogen-bond donors (Lipinski definition) is 0. The van der Waals surface area contributed by atoms with E-state index in [2.05, 4.69) is 0 Å². The summed E-state index contributed by atoms with van der Waals surface area (Å²) < 4.78 is 5.18. The van der Waals surface area contributed by atoms with E-state index < -0.39 is 17.6 Å². The molecule has 1 aliphatic rings. The zero-order valence-corrected chi connectivity index (χ0v) is 11.1. The fourth-order valence-electron chi connectivity index (χ4n) is 1.84. The van der Waals surface area contributed by atoms with Gasteiger partial charge in [-0.15, -0.1) is 0 Å². The number of hydrogen-bond acceptors (Lipinski definition) is 4. The summed E-state index contributed by atoms with van der Waals surface area (Å²) in [5.41, 5.74) is 0.877. The molecule has 5 heteroatoms. The molecule has 0 atom stereocenters. The molecule has 0 bridgehead atoms. The van der Waals surface area contributed by atoms with Crippen molar-refractivity contribution in [3.8, 4) is 6.07 Å². The van der Waals surface area contributed by atoms with Crippen LogP contribution in [0.3, 0.4) is 0 Å². The molecular formula is C14H14N2O3. The highest BCUT2D eigenvalue weighted by molar-refractivity contribution is 6.06. The van der Waals surface area contributed by atoms with Gasteiger partial charge in [-0.05, 0) is 38.5 Å². The van der Waals surface area contributed by atoms with Crippen LogP contribution in [-0.4, -0.2) is 22.5 Å². The number of amides is 2. The number of rotatable bonds is 0. The molecule has 0 saturated carbocycles. The lowest BCUT2D eigenvalue weighted by atomic mass is 10.1. The van der Waals surface area contributed by atoms with Gasteiger partial charge in [0, 0.05) is 5.56 Å². The summed E-state index contributed by atoms with van der Waals surface area (Å²) in [7, 11) is 0. The first kappa shape index (κ1) is 13.1. The Morgan fingerprint density at radius 2 is 2.11 bits per heavy atom. The molecule has 2 amide bonds. The number of carbonyl (C=O) groups is 2. The summed E-state index contributed by atoms with van der Waals surface area (Å²) in [6, 6.07) is 6.79. The maximum absolute atomic E-state index is 12.1. The zero-order chi connectivity index (χ0) is 14.2. The Bertz CT molecular complexity index is 594. The second-order valence-electron chi connectivity index (χ2n) is 5.36. The monoisotopic (exact) mass is 258 g/mol. The van der Waals surface area contributed by atoms with E-state index in [-0.39, 0.29) is 6.54 Å². The van der Waals surface area contributed by atoms with Crippen molar-refractivity contribution in [1.82, 2.24) is 4.90 Å². The van der Waals surface area contributed by atoms with Gasteiger partial charge in [0.25, 0.3) is 5.91 Å². The SMILES string of the molecule is CC(C)(C)OC(=O)N1Cc2ccc(C#N)cc2C1=O. The van der Waals surface area contributed by atoms with Crippen LogP contribution in [0.5, 0.6) is 0 Å². The predicted octanol–water partition coefficient (Wildman–Crippen LogP) is 2.45. The van der Waals surface area contributed by atoms with Gasteiger partial charge in [-0.2, -0.15) is 5.26 Å². The number of carbonyl (C=O) groups excluding carboxylic acids is 2. The van der Waals surface area contributed by atoms with Crippen LogP contribution >= 0.6 is 0 Å². The van der Waals surface area contributed by atoms with Gasteiger partial charge in [-0.3, -0.25) is 4.79 Å². The van der Waals surface area contributed by atoms with Crippen molar-refractivity contribution in [2.24, 2.45) is 0 Å². The van der Waals surface area contributed by atoms with Gasteiger partial charge in [0.15, 0.2) is 0 Å². The Labute approximate surface area is 111 Å². The van der Waals surface area contributed by atoms with Gasteiger partial charge in [-0.25, -0.2) is 9.69 Å².